The largest absolute Gasteiger partial charge is 0.484 e. The summed E-state index contributed by atoms with van der Waals surface area (Å²) in [7, 11) is 1.96. The van der Waals surface area contributed by atoms with Crippen molar-refractivity contribution in [2.45, 2.75) is 18.7 Å². The number of hydrogen-bond donors (Lipinski definition) is 0. The summed E-state index contributed by atoms with van der Waals surface area (Å²) < 4.78 is 7.69. The van der Waals surface area contributed by atoms with Gasteiger partial charge in [0.1, 0.15) is 5.75 Å². The molecule has 3 nitrogen and oxygen atoms in total. The van der Waals surface area contributed by atoms with Crippen LogP contribution in [0.25, 0.3) is 0 Å². The predicted molar refractivity (Wildman–Crippen MR) is 82.9 cm³/mol. The summed E-state index contributed by atoms with van der Waals surface area (Å²) in [4.78, 5) is 13.3. The zero-order valence-electron chi connectivity index (χ0n) is 12.3. The fraction of sp³-hybridized carbons (Fsp3) is 0.312. The summed E-state index contributed by atoms with van der Waals surface area (Å²) in [5.41, 5.74) is 2.80. The van der Waals surface area contributed by atoms with Crippen molar-refractivity contribution in [1.29, 1.82) is 0 Å². The van der Waals surface area contributed by atoms with E-state index in [1.165, 1.54) is 0 Å². The van der Waals surface area contributed by atoms with E-state index >= 15 is 0 Å². The standard InChI is InChI=1S/C16H19NO2S/c1-11-9-13(12(2)17(11)3)14(18)10-19-15-7-5-6-8-16(15)20-4/h5-9H,10H2,1-4H3. The number of aryl methyl sites for hydroxylation is 1. The highest BCUT2D eigenvalue weighted by atomic mass is 32.2. The van der Waals surface area contributed by atoms with Gasteiger partial charge in [-0.25, -0.2) is 0 Å². The molecular weight excluding hydrogens is 270 g/mol. The molecule has 0 saturated heterocycles. The van der Waals surface area contributed by atoms with Crippen LogP contribution in [0.1, 0.15) is 21.7 Å². The Morgan fingerprint density at radius 1 is 1.30 bits per heavy atom. The first-order valence-corrected chi connectivity index (χ1v) is 7.69. The fourth-order valence-corrected chi connectivity index (χ4v) is 2.64. The summed E-state index contributed by atoms with van der Waals surface area (Å²) in [5, 5.41) is 0. The molecule has 0 aliphatic heterocycles. The van der Waals surface area contributed by atoms with E-state index in [0.717, 1.165) is 27.6 Å². The molecule has 2 rings (SSSR count). The lowest BCUT2D eigenvalue weighted by atomic mass is 10.1. The van der Waals surface area contributed by atoms with Gasteiger partial charge in [0.25, 0.3) is 0 Å². The van der Waals surface area contributed by atoms with Gasteiger partial charge in [-0.1, -0.05) is 12.1 Å². The first kappa shape index (κ1) is 14.7. The zero-order chi connectivity index (χ0) is 14.7. The number of hydrogen-bond acceptors (Lipinski definition) is 3. The summed E-state index contributed by atoms with van der Waals surface area (Å²) in [6, 6.07) is 9.68. The molecule has 0 aliphatic rings. The van der Waals surface area contributed by atoms with Crippen LogP contribution in [-0.2, 0) is 7.05 Å². The second kappa shape index (κ2) is 6.18. The van der Waals surface area contributed by atoms with Gasteiger partial charge in [-0.05, 0) is 38.3 Å². The van der Waals surface area contributed by atoms with Crippen LogP contribution >= 0.6 is 11.8 Å². The molecule has 0 aliphatic carbocycles. The van der Waals surface area contributed by atoms with Gasteiger partial charge in [-0.15, -0.1) is 11.8 Å². The number of aromatic nitrogens is 1. The second-order valence-corrected chi connectivity index (χ2v) is 5.55. The van der Waals surface area contributed by atoms with Crippen LogP contribution in [0.5, 0.6) is 5.75 Å². The molecule has 0 N–H and O–H groups in total. The zero-order valence-corrected chi connectivity index (χ0v) is 13.1. The summed E-state index contributed by atoms with van der Waals surface area (Å²) in [5.74, 6) is 0.778. The molecule has 1 heterocycles. The van der Waals surface area contributed by atoms with Gasteiger partial charge in [0.05, 0.1) is 0 Å². The van der Waals surface area contributed by atoms with Crippen molar-refractivity contribution >= 4 is 17.5 Å². The Morgan fingerprint density at radius 3 is 2.60 bits per heavy atom. The number of rotatable bonds is 5. The van der Waals surface area contributed by atoms with E-state index < -0.39 is 0 Å². The van der Waals surface area contributed by atoms with E-state index in [2.05, 4.69) is 0 Å². The average molecular weight is 289 g/mol. The lowest BCUT2D eigenvalue weighted by molar-refractivity contribution is 0.0919. The van der Waals surface area contributed by atoms with Crippen LogP contribution in [-0.4, -0.2) is 23.2 Å². The van der Waals surface area contributed by atoms with Crippen molar-refractivity contribution in [1.82, 2.24) is 4.57 Å². The lowest BCUT2D eigenvalue weighted by Gasteiger charge is -2.09. The maximum absolute atomic E-state index is 12.3. The summed E-state index contributed by atoms with van der Waals surface area (Å²) in [6.45, 7) is 4.02. The highest BCUT2D eigenvalue weighted by molar-refractivity contribution is 7.98. The summed E-state index contributed by atoms with van der Waals surface area (Å²) in [6.07, 6.45) is 1.99. The van der Waals surface area contributed by atoms with Gasteiger partial charge in [-0.2, -0.15) is 0 Å². The number of nitrogens with zero attached hydrogens (tertiary/aromatic N) is 1. The molecule has 1 aromatic carbocycles. The van der Waals surface area contributed by atoms with Crippen LogP contribution < -0.4 is 4.74 Å². The SMILES string of the molecule is CSc1ccccc1OCC(=O)c1cc(C)n(C)c1C. The third-order valence-electron chi connectivity index (χ3n) is 3.50. The summed E-state index contributed by atoms with van der Waals surface area (Å²) >= 11 is 1.61. The minimum absolute atomic E-state index is 0.0158. The van der Waals surface area contributed by atoms with Gasteiger partial charge in [0.2, 0.25) is 5.78 Å². The molecule has 0 fully saturated rings. The maximum Gasteiger partial charge on any atom is 0.202 e. The van der Waals surface area contributed by atoms with Crippen molar-refractivity contribution < 1.29 is 9.53 Å². The van der Waals surface area contributed by atoms with Gasteiger partial charge in [0, 0.05) is 28.9 Å². The highest BCUT2D eigenvalue weighted by Gasteiger charge is 2.15. The minimum atomic E-state index is 0.0158. The van der Waals surface area contributed by atoms with Crippen LogP contribution in [0.4, 0.5) is 0 Å². The molecule has 0 spiro atoms. The molecule has 0 unspecified atom stereocenters. The predicted octanol–water partition coefficient (Wildman–Crippen LogP) is 3.63. The molecule has 0 bridgehead atoms. The Morgan fingerprint density at radius 2 is 2.00 bits per heavy atom. The molecule has 0 radical (unpaired) electrons. The van der Waals surface area contributed by atoms with Crippen molar-refractivity contribution in [2.24, 2.45) is 7.05 Å². The van der Waals surface area contributed by atoms with Gasteiger partial charge in [-0.3, -0.25) is 4.79 Å². The second-order valence-electron chi connectivity index (χ2n) is 4.71. The van der Waals surface area contributed by atoms with E-state index in [9.17, 15) is 4.79 Å². The third-order valence-corrected chi connectivity index (χ3v) is 4.28. The van der Waals surface area contributed by atoms with Crippen molar-refractivity contribution in [3.05, 3.63) is 47.3 Å². The van der Waals surface area contributed by atoms with Crippen LogP contribution in [0.2, 0.25) is 0 Å². The van der Waals surface area contributed by atoms with Gasteiger partial charge >= 0.3 is 0 Å². The van der Waals surface area contributed by atoms with E-state index in [4.69, 9.17) is 4.74 Å². The number of para-hydroxylation sites is 1. The Hall–Kier alpha value is -1.68. The maximum atomic E-state index is 12.3. The van der Waals surface area contributed by atoms with Crippen molar-refractivity contribution in [3.8, 4) is 5.75 Å². The van der Waals surface area contributed by atoms with Crippen molar-refractivity contribution in [3.63, 3.8) is 0 Å². The Kier molecular flexibility index (Phi) is 4.55. The topological polar surface area (TPSA) is 31.2 Å². The molecule has 0 amide bonds. The van der Waals surface area contributed by atoms with Crippen LogP contribution in [0, 0.1) is 13.8 Å². The molecule has 106 valence electrons. The van der Waals surface area contributed by atoms with E-state index in [0.29, 0.717) is 0 Å². The Balaban J connectivity index is 2.11. The number of thioether (sulfide) groups is 1. The smallest absolute Gasteiger partial charge is 0.202 e. The monoisotopic (exact) mass is 289 g/mol. The minimum Gasteiger partial charge on any atom is -0.484 e. The Bertz CT molecular complexity index is 631. The molecule has 4 heteroatoms. The Labute approximate surface area is 123 Å². The van der Waals surface area contributed by atoms with E-state index in [-0.39, 0.29) is 12.4 Å². The number of carbonyl (C=O) groups excluding carboxylic acids is 1. The molecule has 0 saturated carbocycles. The quantitative estimate of drug-likeness (QED) is 0.622. The fourth-order valence-electron chi connectivity index (χ4n) is 2.10. The highest BCUT2D eigenvalue weighted by Crippen LogP contribution is 2.27. The first-order chi connectivity index (χ1) is 9.54. The van der Waals surface area contributed by atoms with E-state index in [1.54, 1.807) is 11.8 Å². The number of ether oxygens (including phenoxy) is 1. The lowest BCUT2D eigenvalue weighted by Crippen LogP contribution is -2.12. The van der Waals surface area contributed by atoms with Crippen molar-refractivity contribution in [2.75, 3.05) is 12.9 Å². The van der Waals surface area contributed by atoms with Crippen LogP contribution in [0.3, 0.4) is 0 Å². The number of Topliss-reactive ketones (excluding diaryl/α,β-unsaturated/α-hetero) is 1. The molecule has 0 atom stereocenters. The van der Waals surface area contributed by atoms with Gasteiger partial charge in [0.15, 0.2) is 6.61 Å². The number of carbonyl (C=O) groups is 1. The van der Waals surface area contributed by atoms with Gasteiger partial charge < -0.3 is 9.30 Å². The van der Waals surface area contributed by atoms with Crippen LogP contribution in [0.15, 0.2) is 35.2 Å². The number of ketones is 1. The third kappa shape index (κ3) is 2.90. The molecule has 1 aromatic heterocycles. The molecular formula is C16H19NO2S. The molecule has 20 heavy (non-hydrogen) atoms. The first-order valence-electron chi connectivity index (χ1n) is 6.46. The number of benzene rings is 1. The normalized spacial score (nSPS) is 10.6. The molecule has 2 aromatic rings. The van der Waals surface area contributed by atoms with E-state index in [1.807, 2.05) is 62.0 Å². The average Bonchev–Trinajstić information content (AvgIpc) is 2.72.